The number of benzene rings is 2. The third-order valence-electron chi connectivity index (χ3n) is 3.38. The molecule has 1 atom stereocenters. The van der Waals surface area contributed by atoms with E-state index in [1.165, 1.54) is 24.5 Å². The smallest absolute Gasteiger partial charge is 0.133 e. The molecule has 0 bridgehead atoms. The maximum absolute atomic E-state index is 14.1. The minimum absolute atomic E-state index is 0.166. The van der Waals surface area contributed by atoms with Crippen molar-refractivity contribution in [3.05, 3.63) is 63.2 Å². The Labute approximate surface area is 133 Å². The van der Waals surface area contributed by atoms with Gasteiger partial charge in [-0.25, -0.2) is 4.39 Å². The van der Waals surface area contributed by atoms with Crippen LogP contribution in [0.2, 0.25) is 0 Å². The molecule has 1 heterocycles. The van der Waals surface area contributed by atoms with E-state index in [1.54, 1.807) is 12.1 Å². The Morgan fingerprint density at radius 2 is 2.00 bits per heavy atom. The molecule has 0 amide bonds. The van der Waals surface area contributed by atoms with Crippen LogP contribution >= 0.6 is 27.3 Å². The minimum Gasteiger partial charge on any atom is -0.496 e. The molecule has 0 aliphatic heterocycles. The van der Waals surface area contributed by atoms with Gasteiger partial charge in [-0.1, -0.05) is 18.2 Å². The third-order valence-corrected chi connectivity index (χ3v) is 5.35. The number of methoxy groups -OCH3 is 1. The number of fused-ring (bicyclic) bond motifs is 1. The van der Waals surface area contributed by atoms with Crippen LogP contribution in [-0.4, -0.2) is 12.2 Å². The van der Waals surface area contributed by atoms with Gasteiger partial charge < -0.3 is 9.84 Å². The standard InChI is InChI=1S/C16H12BrFO2S/c1-20-13-7-3-6-12(18)14(13)15(19)10-8-21-16-9(10)4-2-5-11(16)17/h2-8,15,19H,1H3. The molecule has 2 aromatic carbocycles. The summed E-state index contributed by atoms with van der Waals surface area (Å²) in [4.78, 5) is 0. The van der Waals surface area contributed by atoms with Gasteiger partial charge in [-0.3, -0.25) is 0 Å². The van der Waals surface area contributed by atoms with E-state index in [2.05, 4.69) is 15.9 Å². The summed E-state index contributed by atoms with van der Waals surface area (Å²) in [5.41, 5.74) is 0.847. The van der Waals surface area contributed by atoms with Gasteiger partial charge >= 0.3 is 0 Å². The molecular formula is C16H12BrFO2S. The number of aliphatic hydroxyl groups is 1. The molecule has 0 spiro atoms. The molecule has 0 saturated heterocycles. The molecule has 2 nitrogen and oxygen atoms in total. The fraction of sp³-hybridized carbons (Fsp3) is 0.125. The summed E-state index contributed by atoms with van der Waals surface area (Å²) >= 11 is 5.00. The van der Waals surface area contributed by atoms with Gasteiger partial charge in [0.2, 0.25) is 0 Å². The van der Waals surface area contributed by atoms with E-state index in [0.717, 1.165) is 14.6 Å². The van der Waals surface area contributed by atoms with Crippen LogP contribution in [0.5, 0.6) is 5.75 Å². The van der Waals surface area contributed by atoms with E-state index < -0.39 is 11.9 Å². The number of thiophene rings is 1. The first-order chi connectivity index (χ1) is 10.1. The number of hydrogen-bond donors (Lipinski definition) is 1. The van der Waals surface area contributed by atoms with Crippen molar-refractivity contribution < 1.29 is 14.2 Å². The molecule has 0 fully saturated rings. The van der Waals surface area contributed by atoms with Gasteiger partial charge in [0.05, 0.1) is 12.7 Å². The zero-order valence-corrected chi connectivity index (χ0v) is 13.5. The van der Waals surface area contributed by atoms with E-state index in [-0.39, 0.29) is 5.56 Å². The van der Waals surface area contributed by atoms with Crippen molar-refractivity contribution >= 4 is 37.4 Å². The van der Waals surface area contributed by atoms with Crippen LogP contribution < -0.4 is 4.74 Å². The fourth-order valence-corrected chi connectivity index (χ4v) is 4.01. The van der Waals surface area contributed by atoms with Gasteiger partial charge in [-0.15, -0.1) is 11.3 Å². The van der Waals surface area contributed by atoms with E-state index >= 15 is 0 Å². The van der Waals surface area contributed by atoms with Crippen molar-refractivity contribution in [1.82, 2.24) is 0 Å². The summed E-state index contributed by atoms with van der Waals surface area (Å²) in [6.45, 7) is 0. The SMILES string of the molecule is COc1cccc(F)c1C(O)c1csc2c(Br)cccc12. The summed E-state index contributed by atoms with van der Waals surface area (Å²) in [6, 6.07) is 10.3. The summed E-state index contributed by atoms with van der Waals surface area (Å²) in [5.74, 6) is -0.131. The molecule has 1 aromatic heterocycles. The largest absolute Gasteiger partial charge is 0.496 e. The molecule has 1 unspecified atom stereocenters. The highest BCUT2D eigenvalue weighted by atomic mass is 79.9. The lowest BCUT2D eigenvalue weighted by Crippen LogP contribution is -2.04. The van der Waals surface area contributed by atoms with Crippen LogP contribution in [0.15, 0.2) is 46.3 Å². The lowest BCUT2D eigenvalue weighted by Gasteiger charge is -2.15. The zero-order chi connectivity index (χ0) is 15.0. The van der Waals surface area contributed by atoms with E-state index in [9.17, 15) is 9.50 Å². The number of hydrogen-bond acceptors (Lipinski definition) is 3. The number of rotatable bonds is 3. The maximum atomic E-state index is 14.1. The van der Waals surface area contributed by atoms with Crippen molar-refractivity contribution in [2.24, 2.45) is 0 Å². The second kappa shape index (κ2) is 5.75. The first kappa shape index (κ1) is 14.5. The van der Waals surface area contributed by atoms with E-state index in [0.29, 0.717) is 11.3 Å². The highest BCUT2D eigenvalue weighted by Crippen LogP contribution is 2.40. The average Bonchev–Trinajstić information content (AvgIpc) is 2.91. The molecule has 3 rings (SSSR count). The first-order valence-electron chi connectivity index (χ1n) is 6.29. The lowest BCUT2D eigenvalue weighted by molar-refractivity contribution is 0.211. The molecule has 3 aromatic rings. The molecule has 0 aliphatic carbocycles. The quantitative estimate of drug-likeness (QED) is 0.714. The number of ether oxygens (including phenoxy) is 1. The van der Waals surface area contributed by atoms with E-state index in [4.69, 9.17) is 4.74 Å². The molecule has 5 heteroatoms. The van der Waals surface area contributed by atoms with Gasteiger partial charge in [0.15, 0.2) is 0 Å². The van der Waals surface area contributed by atoms with Crippen molar-refractivity contribution in [3.8, 4) is 5.75 Å². The van der Waals surface area contributed by atoms with Crippen molar-refractivity contribution in [1.29, 1.82) is 0 Å². The van der Waals surface area contributed by atoms with Crippen molar-refractivity contribution in [3.63, 3.8) is 0 Å². The van der Waals surface area contributed by atoms with Crippen LogP contribution in [0.25, 0.3) is 10.1 Å². The monoisotopic (exact) mass is 366 g/mol. The van der Waals surface area contributed by atoms with Crippen molar-refractivity contribution in [2.75, 3.05) is 7.11 Å². The Morgan fingerprint density at radius 3 is 2.76 bits per heavy atom. The van der Waals surface area contributed by atoms with Crippen LogP contribution in [0.3, 0.4) is 0 Å². The van der Waals surface area contributed by atoms with Crippen LogP contribution in [0.4, 0.5) is 4.39 Å². The second-order valence-electron chi connectivity index (χ2n) is 4.57. The van der Waals surface area contributed by atoms with Gasteiger partial charge in [-0.2, -0.15) is 0 Å². The number of halogens is 2. The first-order valence-corrected chi connectivity index (χ1v) is 7.97. The van der Waals surface area contributed by atoms with Gasteiger partial charge in [0.25, 0.3) is 0 Å². The molecule has 21 heavy (non-hydrogen) atoms. The summed E-state index contributed by atoms with van der Waals surface area (Å²) in [7, 11) is 1.47. The number of aliphatic hydroxyl groups excluding tert-OH is 1. The Balaban J connectivity index is 2.18. The van der Waals surface area contributed by atoms with Crippen LogP contribution in [-0.2, 0) is 0 Å². The Hall–Kier alpha value is -1.43. The highest BCUT2D eigenvalue weighted by Gasteiger charge is 2.22. The molecular weight excluding hydrogens is 355 g/mol. The van der Waals surface area contributed by atoms with E-state index in [1.807, 2.05) is 23.6 Å². The summed E-state index contributed by atoms with van der Waals surface area (Å²) in [5, 5.41) is 13.4. The Morgan fingerprint density at radius 1 is 1.24 bits per heavy atom. The van der Waals surface area contributed by atoms with Gasteiger partial charge in [0.1, 0.15) is 17.7 Å². The average molecular weight is 367 g/mol. The minimum atomic E-state index is -1.07. The van der Waals surface area contributed by atoms with Gasteiger partial charge in [0, 0.05) is 14.7 Å². The Kier molecular flexibility index (Phi) is 3.97. The maximum Gasteiger partial charge on any atom is 0.133 e. The highest BCUT2D eigenvalue weighted by molar-refractivity contribution is 9.10. The molecule has 0 saturated carbocycles. The molecule has 1 N–H and O–H groups in total. The fourth-order valence-electron chi connectivity index (χ4n) is 2.37. The molecule has 0 aliphatic rings. The van der Waals surface area contributed by atoms with Crippen LogP contribution in [0, 0.1) is 5.82 Å². The summed E-state index contributed by atoms with van der Waals surface area (Å²) < 4.78 is 21.3. The Bertz CT molecular complexity index is 800. The van der Waals surface area contributed by atoms with Crippen molar-refractivity contribution in [2.45, 2.75) is 6.10 Å². The van der Waals surface area contributed by atoms with Crippen LogP contribution in [0.1, 0.15) is 17.2 Å². The zero-order valence-electron chi connectivity index (χ0n) is 11.1. The van der Waals surface area contributed by atoms with Gasteiger partial charge in [-0.05, 0) is 44.9 Å². The molecule has 0 radical (unpaired) electrons. The third kappa shape index (κ3) is 2.46. The molecule has 108 valence electrons. The normalized spacial score (nSPS) is 12.6. The summed E-state index contributed by atoms with van der Waals surface area (Å²) in [6.07, 6.45) is -1.07. The topological polar surface area (TPSA) is 29.5 Å². The lowest BCUT2D eigenvalue weighted by atomic mass is 9.99. The predicted octanol–water partition coefficient (Wildman–Crippen LogP) is 4.89. The predicted molar refractivity (Wildman–Crippen MR) is 86.5 cm³/mol. The second-order valence-corrected chi connectivity index (χ2v) is 6.30.